The maximum Gasteiger partial charge on any atom is 0.145 e. The van der Waals surface area contributed by atoms with Crippen molar-refractivity contribution < 1.29 is 9.84 Å². The van der Waals surface area contributed by atoms with Crippen LogP contribution in [-0.2, 0) is 12.8 Å². The second-order valence-electron chi connectivity index (χ2n) is 5.77. The SMILES string of the molecule is COc1c(I)cc(CC2CCCc3cc(O)ccc32)cc1I. The molecule has 0 saturated heterocycles. The summed E-state index contributed by atoms with van der Waals surface area (Å²) in [4.78, 5) is 0. The molecule has 0 amide bonds. The first-order valence-corrected chi connectivity index (χ1v) is 9.58. The molecule has 1 unspecified atom stereocenters. The van der Waals surface area contributed by atoms with Crippen LogP contribution in [0.25, 0.3) is 0 Å². The third kappa shape index (κ3) is 3.37. The van der Waals surface area contributed by atoms with Crippen LogP contribution in [0.5, 0.6) is 11.5 Å². The topological polar surface area (TPSA) is 29.5 Å². The van der Waals surface area contributed by atoms with Gasteiger partial charge < -0.3 is 9.84 Å². The van der Waals surface area contributed by atoms with Crippen LogP contribution in [0, 0.1) is 7.14 Å². The molecule has 116 valence electrons. The molecule has 0 aromatic heterocycles. The third-order valence-electron chi connectivity index (χ3n) is 4.31. The number of hydrogen-bond acceptors (Lipinski definition) is 2. The van der Waals surface area contributed by atoms with E-state index in [-0.39, 0.29) is 0 Å². The predicted molar refractivity (Wildman–Crippen MR) is 106 cm³/mol. The van der Waals surface area contributed by atoms with Gasteiger partial charge >= 0.3 is 0 Å². The normalized spacial score (nSPS) is 17.1. The molecule has 1 atom stereocenters. The fraction of sp³-hybridized carbons (Fsp3) is 0.333. The largest absolute Gasteiger partial charge is 0.508 e. The predicted octanol–water partition coefficient (Wildman–Crippen LogP) is 5.27. The summed E-state index contributed by atoms with van der Waals surface area (Å²) in [5.41, 5.74) is 4.08. The molecule has 0 spiro atoms. The fourth-order valence-corrected chi connectivity index (χ4v) is 5.66. The maximum atomic E-state index is 9.68. The monoisotopic (exact) mass is 520 g/mol. The number of rotatable bonds is 3. The molecule has 0 bridgehead atoms. The lowest BCUT2D eigenvalue weighted by Crippen LogP contribution is -2.12. The highest BCUT2D eigenvalue weighted by Crippen LogP contribution is 2.37. The molecule has 2 aromatic carbocycles. The highest BCUT2D eigenvalue weighted by atomic mass is 127. The minimum Gasteiger partial charge on any atom is -0.508 e. The van der Waals surface area contributed by atoms with Crippen LogP contribution in [0.3, 0.4) is 0 Å². The summed E-state index contributed by atoms with van der Waals surface area (Å²) in [6, 6.07) is 10.3. The lowest BCUT2D eigenvalue weighted by atomic mass is 9.79. The molecular weight excluding hydrogens is 502 g/mol. The molecule has 2 nitrogen and oxygen atoms in total. The molecular formula is C18H18I2O2. The van der Waals surface area contributed by atoms with Crippen LogP contribution >= 0.6 is 45.2 Å². The van der Waals surface area contributed by atoms with Crippen molar-refractivity contribution in [2.75, 3.05) is 7.11 Å². The van der Waals surface area contributed by atoms with Crippen molar-refractivity contribution in [1.82, 2.24) is 0 Å². The quantitative estimate of drug-likeness (QED) is 0.560. The van der Waals surface area contributed by atoms with Crippen molar-refractivity contribution in [1.29, 1.82) is 0 Å². The lowest BCUT2D eigenvalue weighted by molar-refractivity contribution is 0.408. The zero-order valence-electron chi connectivity index (χ0n) is 12.4. The lowest BCUT2D eigenvalue weighted by Gasteiger charge is -2.26. The summed E-state index contributed by atoms with van der Waals surface area (Å²) in [5.74, 6) is 1.90. The van der Waals surface area contributed by atoms with Gasteiger partial charge in [-0.2, -0.15) is 0 Å². The van der Waals surface area contributed by atoms with Gasteiger partial charge in [-0.15, -0.1) is 0 Å². The zero-order valence-corrected chi connectivity index (χ0v) is 16.7. The van der Waals surface area contributed by atoms with Gasteiger partial charge in [-0.05, 0) is 118 Å². The van der Waals surface area contributed by atoms with Gasteiger partial charge in [0.1, 0.15) is 11.5 Å². The minimum absolute atomic E-state index is 0.382. The number of fused-ring (bicyclic) bond motifs is 1. The Balaban J connectivity index is 1.89. The molecule has 22 heavy (non-hydrogen) atoms. The Morgan fingerprint density at radius 3 is 2.59 bits per heavy atom. The van der Waals surface area contributed by atoms with Gasteiger partial charge in [0.25, 0.3) is 0 Å². The second-order valence-corrected chi connectivity index (χ2v) is 8.09. The van der Waals surface area contributed by atoms with Crippen molar-refractivity contribution in [3.63, 3.8) is 0 Å². The Hall–Kier alpha value is -0.500. The standard InChI is InChI=1S/C18H18I2O2/c1-22-18-16(19)8-11(9-17(18)20)7-12-3-2-4-13-10-14(21)5-6-15(12)13/h5-6,8-10,12,21H,2-4,7H2,1H3. The molecule has 1 aliphatic carbocycles. The van der Waals surface area contributed by atoms with Crippen LogP contribution in [0.4, 0.5) is 0 Å². The summed E-state index contributed by atoms with van der Waals surface area (Å²) >= 11 is 4.69. The number of phenols is 1. The summed E-state index contributed by atoms with van der Waals surface area (Å²) in [6.45, 7) is 0. The smallest absolute Gasteiger partial charge is 0.145 e. The highest BCUT2D eigenvalue weighted by Gasteiger charge is 2.21. The minimum atomic E-state index is 0.382. The average molecular weight is 520 g/mol. The molecule has 3 rings (SSSR count). The van der Waals surface area contributed by atoms with Gasteiger partial charge in [-0.25, -0.2) is 0 Å². The molecule has 0 fully saturated rings. The Morgan fingerprint density at radius 1 is 1.18 bits per heavy atom. The van der Waals surface area contributed by atoms with E-state index in [4.69, 9.17) is 4.74 Å². The van der Waals surface area contributed by atoms with Gasteiger partial charge in [0.05, 0.1) is 14.3 Å². The molecule has 0 radical (unpaired) electrons. The average Bonchev–Trinajstić information content (AvgIpc) is 2.47. The number of halogens is 2. The second kappa shape index (κ2) is 6.95. The fourth-order valence-electron chi connectivity index (χ4n) is 3.32. The number of hydrogen-bond donors (Lipinski definition) is 1. The van der Waals surface area contributed by atoms with E-state index in [0.717, 1.165) is 18.6 Å². The Morgan fingerprint density at radius 2 is 1.91 bits per heavy atom. The van der Waals surface area contributed by atoms with Gasteiger partial charge in [-0.3, -0.25) is 0 Å². The molecule has 1 N–H and O–H groups in total. The first-order valence-electron chi connectivity index (χ1n) is 7.42. The molecule has 1 aliphatic rings. The molecule has 0 saturated carbocycles. The third-order valence-corrected chi connectivity index (χ3v) is 5.91. The highest BCUT2D eigenvalue weighted by molar-refractivity contribution is 14.1. The van der Waals surface area contributed by atoms with E-state index in [1.165, 1.54) is 36.7 Å². The molecule has 0 aliphatic heterocycles. The summed E-state index contributed by atoms with van der Waals surface area (Å²) in [6.07, 6.45) is 4.55. The number of aromatic hydroxyl groups is 1. The number of aryl methyl sites for hydroxylation is 1. The van der Waals surface area contributed by atoms with E-state index in [1.807, 2.05) is 12.1 Å². The Labute approximate surface area is 158 Å². The van der Waals surface area contributed by atoms with E-state index in [0.29, 0.717) is 11.7 Å². The van der Waals surface area contributed by atoms with E-state index >= 15 is 0 Å². The van der Waals surface area contributed by atoms with Gasteiger partial charge in [0.2, 0.25) is 0 Å². The summed E-state index contributed by atoms with van der Waals surface area (Å²) in [7, 11) is 1.73. The van der Waals surface area contributed by atoms with Crippen molar-refractivity contribution in [3.8, 4) is 11.5 Å². The molecule has 2 aromatic rings. The van der Waals surface area contributed by atoms with Crippen molar-refractivity contribution in [2.24, 2.45) is 0 Å². The zero-order chi connectivity index (χ0) is 15.7. The van der Waals surface area contributed by atoms with E-state index in [2.05, 4.69) is 63.4 Å². The van der Waals surface area contributed by atoms with Gasteiger partial charge in [0, 0.05) is 0 Å². The number of phenolic OH excluding ortho intramolecular Hbond substituents is 1. The van der Waals surface area contributed by atoms with E-state index in [9.17, 15) is 5.11 Å². The molecule has 4 heteroatoms. The van der Waals surface area contributed by atoms with E-state index in [1.54, 1.807) is 7.11 Å². The number of methoxy groups -OCH3 is 1. The van der Waals surface area contributed by atoms with Crippen LogP contribution in [-0.4, -0.2) is 12.2 Å². The van der Waals surface area contributed by atoms with E-state index < -0.39 is 0 Å². The number of ether oxygens (including phenoxy) is 1. The van der Waals surface area contributed by atoms with Crippen LogP contribution in [0.1, 0.15) is 35.4 Å². The van der Waals surface area contributed by atoms with Crippen molar-refractivity contribution in [3.05, 3.63) is 54.2 Å². The maximum absolute atomic E-state index is 9.68. The Bertz CT molecular complexity index is 674. The first kappa shape index (κ1) is 16.4. The van der Waals surface area contributed by atoms with Crippen molar-refractivity contribution >= 4 is 45.2 Å². The van der Waals surface area contributed by atoms with Crippen molar-refractivity contribution in [2.45, 2.75) is 31.6 Å². The summed E-state index contributed by atoms with van der Waals surface area (Å²) in [5, 5.41) is 9.68. The van der Waals surface area contributed by atoms with Gasteiger partial charge in [-0.1, -0.05) is 6.07 Å². The van der Waals surface area contributed by atoms with Gasteiger partial charge in [0.15, 0.2) is 0 Å². The Kier molecular flexibility index (Phi) is 5.17. The van der Waals surface area contributed by atoms with Crippen LogP contribution < -0.4 is 4.74 Å². The molecule has 0 heterocycles. The van der Waals surface area contributed by atoms with Crippen LogP contribution in [0.2, 0.25) is 0 Å². The first-order chi connectivity index (χ1) is 10.6. The number of benzene rings is 2. The van der Waals surface area contributed by atoms with Crippen LogP contribution in [0.15, 0.2) is 30.3 Å². The summed E-state index contributed by atoms with van der Waals surface area (Å²) < 4.78 is 7.79.